The number of halogens is 2. The fraction of sp³-hybridized carbons (Fsp3) is 0.158. The predicted octanol–water partition coefficient (Wildman–Crippen LogP) is 4.56. The van der Waals surface area contributed by atoms with Crippen LogP contribution >= 0.6 is 23.2 Å². The molecule has 0 unspecified atom stereocenters. The number of hydrogen-bond acceptors (Lipinski definition) is 3. The van der Waals surface area contributed by atoms with Crippen LogP contribution in [0.15, 0.2) is 54.7 Å². The van der Waals surface area contributed by atoms with Crippen LogP contribution < -0.4 is 10.1 Å². The predicted molar refractivity (Wildman–Crippen MR) is 103 cm³/mol. The summed E-state index contributed by atoms with van der Waals surface area (Å²) in [7, 11) is 0. The van der Waals surface area contributed by atoms with Gasteiger partial charge in [-0.3, -0.25) is 4.79 Å². The van der Waals surface area contributed by atoms with Crippen molar-refractivity contribution in [3.63, 3.8) is 0 Å². The van der Waals surface area contributed by atoms with Crippen molar-refractivity contribution in [1.82, 2.24) is 9.78 Å². The van der Waals surface area contributed by atoms with E-state index in [-0.39, 0.29) is 12.5 Å². The van der Waals surface area contributed by atoms with E-state index in [1.165, 1.54) is 0 Å². The first-order valence-electron chi connectivity index (χ1n) is 7.97. The second-order valence-corrected chi connectivity index (χ2v) is 6.55. The van der Waals surface area contributed by atoms with Crippen molar-refractivity contribution < 1.29 is 9.53 Å². The summed E-state index contributed by atoms with van der Waals surface area (Å²) < 4.78 is 7.18. The van der Waals surface area contributed by atoms with E-state index >= 15 is 0 Å². The van der Waals surface area contributed by atoms with Gasteiger partial charge in [0.15, 0.2) is 6.61 Å². The number of nitrogens with zero attached hydrogens (tertiary/aromatic N) is 2. The molecule has 0 spiro atoms. The summed E-state index contributed by atoms with van der Waals surface area (Å²) in [5.41, 5.74) is 1.92. The molecule has 134 valence electrons. The van der Waals surface area contributed by atoms with E-state index in [1.54, 1.807) is 29.1 Å². The number of ether oxygens (including phenoxy) is 1. The molecule has 5 nitrogen and oxygen atoms in total. The molecule has 0 aliphatic heterocycles. The fourth-order valence-electron chi connectivity index (χ4n) is 2.40. The summed E-state index contributed by atoms with van der Waals surface area (Å²) in [5, 5.41) is 8.13. The first-order valence-corrected chi connectivity index (χ1v) is 8.72. The number of carbonyl (C=O) groups excluding carboxylic acids is 1. The summed E-state index contributed by atoms with van der Waals surface area (Å²) >= 11 is 12.3. The van der Waals surface area contributed by atoms with Gasteiger partial charge in [0, 0.05) is 11.1 Å². The Kier molecular flexibility index (Phi) is 5.81. The molecule has 0 atom stereocenters. The Bertz CT molecular complexity index is 925. The van der Waals surface area contributed by atoms with E-state index in [2.05, 4.69) is 10.4 Å². The van der Waals surface area contributed by atoms with Crippen LogP contribution in [-0.4, -0.2) is 22.3 Å². The highest BCUT2D eigenvalue weighted by atomic mass is 35.5. The smallest absolute Gasteiger partial charge is 0.263 e. The quantitative estimate of drug-likeness (QED) is 0.671. The summed E-state index contributed by atoms with van der Waals surface area (Å²) in [5.74, 6) is 0.740. The minimum absolute atomic E-state index is 0.152. The van der Waals surface area contributed by atoms with Crippen molar-refractivity contribution >= 4 is 34.9 Å². The first kappa shape index (κ1) is 18.3. The summed E-state index contributed by atoms with van der Waals surface area (Å²) in [6.45, 7) is 2.23. The highest BCUT2D eigenvalue weighted by Gasteiger charge is 2.11. The lowest BCUT2D eigenvalue weighted by Gasteiger charge is -2.11. The van der Waals surface area contributed by atoms with E-state index < -0.39 is 0 Å². The standard InChI is InChI=1S/C19H17Cl2N3O2/c1-13-6-7-16(21)17(10-13)26-12-19(25)23-18-8-9-22-24(18)11-14-4-2-3-5-15(14)20/h2-10H,11-12H2,1H3,(H,23,25). The maximum Gasteiger partial charge on any atom is 0.263 e. The molecule has 3 rings (SSSR count). The van der Waals surface area contributed by atoms with Gasteiger partial charge in [0.25, 0.3) is 5.91 Å². The Balaban J connectivity index is 1.63. The van der Waals surface area contributed by atoms with E-state index in [9.17, 15) is 4.79 Å². The van der Waals surface area contributed by atoms with Gasteiger partial charge in [0.1, 0.15) is 11.6 Å². The topological polar surface area (TPSA) is 56.1 Å². The number of hydrogen-bond donors (Lipinski definition) is 1. The Morgan fingerprint density at radius 3 is 2.77 bits per heavy atom. The molecular formula is C19H17Cl2N3O2. The van der Waals surface area contributed by atoms with Crippen molar-refractivity contribution in [2.45, 2.75) is 13.5 Å². The van der Waals surface area contributed by atoms with Gasteiger partial charge in [-0.1, -0.05) is 47.5 Å². The molecule has 3 aromatic rings. The van der Waals surface area contributed by atoms with Crippen LogP contribution in [0.2, 0.25) is 10.0 Å². The first-order chi connectivity index (χ1) is 12.5. The zero-order valence-corrected chi connectivity index (χ0v) is 15.6. The minimum atomic E-state index is -0.302. The Labute approximate surface area is 161 Å². The normalized spacial score (nSPS) is 10.6. The van der Waals surface area contributed by atoms with Crippen LogP contribution in [-0.2, 0) is 11.3 Å². The van der Waals surface area contributed by atoms with Gasteiger partial charge in [0.2, 0.25) is 0 Å². The lowest BCUT2D eigenvalue weighted by molar-refractivity contribution is -0.118. The number of benzene rings is 2. The Morgan fingerprint density at radius 2 is 1.96 bits per heavy atom. The molecule has 1 aromatic heterocycles. The van der Waals surface area contributed by atoms with E-state index in [0.29, 0.717) is 28.2 Å². The number of nitrogens with one attached hydrogen (secondary N) is 1. The number of aromatic nitrogens is 2. The molecule has 0 saturated heterocycles. The van der Waals surface area contributed by atoms with Crippen LogP contribution in [0.3, 0.4) is 0 Å². The maximum absolute atomic E-state index is 12.2. The lowest BCUT2D eigenvalue weighted by atomic mass is 10.2. The Morgan fingerprint density at radius 1 is 1.15 bits per heavy atom. The van der Waals surface area contributed by atoms with Gasteiger partial charge in [0.05, 0.1) is 17.8 Å². The van der Waals surface area contributed by atoms with Crippen LogP contribution in [0.4, 0.5) is 5.82 Å². The van der Waals surface area contributed by atoms with E-state index in [0.717, 1.165) is 11.1 Å². The van der Waals surface area contributed by atoms with Crippen LogP contribution in [0.5, 0.6) is 5.75 Å². The molecule has 1 heterocycles. The van der Waals surface area contributed by atoms with E-state index in [1.807, 2.05) is 37.3 Å². The molecule has 26 heavy (non-hydrogen) atoms. The SMILES string of the molecule is Cc1ccc(Cl)c(OCC(=O)Nc2ccnn2Cc2ccccc2Cl)c1. The maximum atomic E-state index is 12.2. The average molecular weight is 390 g/mol. The van der Waals surface area contributed by atoms with Gasteiger partial charge >= 0.3 is 0 Å². The molecule has 0 aliphatic rings. The highest BCUT2D eigenvalue weighted by Crippen LogP contribution is 2.25. The molecule has 0 bridgehead atoms. The van der Waals surface area contributed by atoms with Crippen molar-refractivity contribution in [3.8, 4) is 5.75 Å². The molecule has 0 radical (unpaired) electrons. The zero-order chi connectivity index (χ0) is 18.5. The summed E-state index contributed by atoms with van der Waals surface area (Å²) in [4.78, 5) is 12.2. The van der Waals surface area contributed by atoms with Crippen LogP contribution in [0.25, 0.3) is 0 Å². The van der Waals surface area contributed by atoms with Gasteiger partial charge in [-0.25, -0.2) is 4.68 Å². The molecular weight excluding hydrogens is 373 g/mol. The number of carbonyl (C=O) groups is 1. The van der Waals surface area contributed by atoms with Crippen molar-refractivity contribution in [2.75, 3.05) is 11.9 Å². The largest absolute Gasteiger partial charge is 0.482 e. The number of amides is 1. The van der Waals surface area contributed by atoms with Crippen molar-refractivity contribution in [1.29, 1.82) is 0 Å². The third-order valence-electron chi connectivity index (χ3n) is 3.71. The molecule has 0 aliphatic carbocycles. The van der Waals surface area contributed by atoms with Gasteiger partial charge in [-0.05, 0) is 36.2 Å². The van der Waals surface area contributed by atoms with Crippen molar-refractivity contribution in [2.24, 2.45) is 0 Å². The van der Waals surface area contributed by atoms with E-state index in [4.69, 9.17) is 27.9 Å². The third-order valence-corrected chi connectivity index (χ3v) is 4.39. The van der Waals surface area contributed by atoms with Gasteiger partial charge in [-0.15, -0.1) is 0 Å². The molecule has 1 amide bonds. The minimum Gasteiger partial charge on any atom is -0.482 e. The summed E-state index contributed by atoms with van der Waals surface area (Å²) in [6, 6.07) is 14.6. The van der Waals surface area contributed by atoms with Crippen LogP contribution in [0.1, 0.15) is 11.1 Å². The zero-order valence-electron chi connectivity index (χ0n) is 14.1. The summed E-state index contributed by atoms with van der Waals surface area (Å²) in [6.07, 6.45) is 1.62. The second kappa shape index (κ2) is 8.25. The van der Waals surface area contributed by atoms with Crippen molar-refractivity contribution in [3.05, 3.63) is 75.9 Å². The second-order valence-electron chi connectivity index (χ2n) is 5.74. The van der Waals surface area contributed by atoms with Gasteiger partial charge < -0.3 is 10.1 Å². The third kappa shape index (κ3) is 4.56. The van der Waals surface area contributed by atoms with Gasteiger partial charge in [-0.2, -0.15) is 5.10 Å². The molecule has 2 aromatic carbocycles. The highest BCUT2D eigenvalue weighted by molar-refractivity contribution is 6.32. The number of aryl methyl sites for hydroxylation is 1. The lowest BCUT2D eigenvalue weighted by Crippen LogP contribution is -2.22. The fourth-order valence-corrected chi connectivity index (χ4v) is 2.76. The molecule has 7 heteroatoms. The monoisotopic (exact) mass is 389 g/mol. The average Bonchev–Trinajstić information content (AvgIpc) is 3.04. The molecule has 1 N–H and O–H groups in total. The number of anilines is 1. The van der Waals surface area contributed by atoms with Crippen LogP contribution in [0, 0.1) is 6.92 Å². The Hall–Kier alpha value is -2.50. The number of rotatable bonds is 6. The molecule has 0 saturated carbocycles. The molecule has 0 fully saturated rings.